The van der Waals surface area contributed by atoms with E-state index in [1.165, 1.54) is 12.4 Å². The SMILES string of the molecule is N#Cc1ccc(Oc2cc(N)ncn2)cc1. The molecule has 1 aromatic carbocycles. The first kappa shape index (κ1) is 9.93. The molecule has 5 nitrogen and oxygen atoms in total. The zero-order chi connectivity index (χ0) is 11.4. The third-order valence-corrected chi connectivity index (χ3v) is 1.87. The smallest absolute Gasteiger partial charge is 0.224 e. The van der Waals surface area contributed by atoms with Gasteiger partial charge in [-0.1, -0.05) is 0 Å². The van der Waals surface area contributed by atoms with Crippen LogP contribution < -0.4 is 10.5 Å². The summed E-state index contributed by atoms with van der Waals surface area (Å²) >= 11 is 0. The summed E-state index contributed by atoms with van der Waals surface area (Å²) in [4.78, 5) is 7.65. The third-order valence-electron chi connectivity index (χ3n) is 1.87. The maximum absolute atomic E-state index is 8.63. The Morgan fingerprint density at radius 1 is 1.19 bits per heavy atom. The van der Waals surface area contributed by atoms with Crippen LogP contribution in [0, 0.1) is 11.3 Å². The lowest BCUT2D eigenvalue weighted by molar-refractivity contribution is 0.462. The first-order chi connectivity index (χ1) is 7.78. The second kappa shape index (κ2) is 4.28. The summed E-state index contributed by atoms with van der Waals surface area (Å²) in [6.07, 6.45) is 1.33. The van der Waals surface area contributed by atoms with E-state index in [1.807, 2.05) is 6.07 Å². The van der Waals surface area contributed by atoms with Gasteiger partial charge in [0.05, 0.1) is 11.6 Å². The first-order valence-electron chi connectivity index (χ1n) is 4.53. The van der Waals surface area contributed by atoms with Gasteiger partial charge in [0.1, 0.15) is 17.9 Å². The van der Waals surface area contributed by atoms with Gasteiger partial charge in [0.2, 0.25) is 5.88 Å². The molecule has 0 fully saturated rings. The predicted octanol–water partition coefficient (Wildman–Crippen LogP) is 1.72. The Kier molecular flexibility index (Phi) is 2.65. The van der Waals surface area contributed by atoms with E-state index in [4.69, 9.17) is 15.7 Å². The van der Waals surface area contributed by atoms with Crippen LogP contribution in [-0.2, 0) is 0 Å². The molecule has 0 aliphatic carbocycles. The summed E-state index contributed by atoms with van der Waals surface area (Å²) in [7, 11) is 0. The van der Waals surface area contributed by atoms with E-state index in [0.717, 1.165) is 0 Å². The molecule has 0 atom stereocenters. The monoisotopic (exact) mass is 212 g/mol. The minimum Gasteiger partial charge on any atom is -0.439 e. The van der Waals surface area contributed by atoms with Crippen LogP contribution in [0.15, 0.2) is 36.7 Å². The van der Waals surface area contributed by atoms with Crippen LogP contribution >= 0.6 is 0 Å². The minimum atomic E-state index is 0.346. The van der Waals surface area contributed by atoms with Gasteiger partial charge in [0.15, 0.2) is 0 Å². The van der Waals surface area contributed by atoms with Gasteiger partial charge in [-0.2, -0.15) is 5.26 Å². The number of nitrogen functional groups attached to an aromatic ring is 1. The molecule has 2 rings (SSSR count). The number of hydrogen-bond donors (Lipinski definition) is 1. The fraction of sp³-hybridized carbons (Fsp3) is 0. The summed E-state index contributed by atoms with van der Waals surface area (Å²) in [6, 6.07) is 10.3. The molecule has 0 saturated carbocycles. The predicted molar refractivity (Wildman–Crippen MR) is 57.7 cm³/mol. The minimum absolute atomic E-state index is 0.346. The van der Waals surface area contributed by atoms with Gasteiger partial charge >= 0.3 is 0 Å². The van der Waals surface area contributed by atoms with Crippen molar-refractivity contribution < 1.29 is 4.74 Å². The maximum atomic E-state index is 8.63. The Balaban J connectivity index is 2.18. The van der Waals surface area contributed by atoms with Crippen molar-refractivity contribution in [1.82, 2.24) is 9.97 Å². The van der Waals surface area contributed by atoms with Crippen molar-refractivity contribution >= 4 is 5.82 Å². The van der Waals surface area contributed by atoms with E-state index in [2.05, 4.69) is 9.97 Å². The fourth-order valence-electron chi connectivity index (χ4n) is 1.13. The van der Waals surface area contributed by atoms with E-state index in [9.17, 15) is 0 Å². The molecule has 78 valence electrons. The van der Waals surface area contributed by atoms with Crippen LogP contribution in [-0.4, -0.2) is 9.97 Å². The standard InChI is InChI=1S/C11H8N4O/c12-6-8-1-3-9(4-2-8)16-11-5-10(13)14-7-15-11/h1-5,7H,(H2,13,14,15). The molecule has 0 aliphatic rings. The molecule has 0 bridgehead atoms. The van der Waals surface area contributed by atoms with Crippen LogP contribution in [0.5, 0.6) is 11.6 Å². The molecule has 1 heterocycles. The maximum Gasteiger partial charge on any atom is 0.224 e. The molecule has 0 amide bonds. The summed E-state index contributed by atoms with van der Waals surface area (Å²) in [5, 5.41) is 8.63. The molecular weight excluding hydrogens is 204 g/mol. The van der Waals surface area contributed by atoms with Gasteiger partial charge in [-0.3, -0.25) is 0 Å². The summed E-state index contributed by atoms with van der Waals surface area (Å²) < 4.78 is 5.42. The summed E-state index contributed by atoms with van der Waals surface area (Å²) in [6.45, 7) is 0. The zero-order valence-electron chi connectivity index (χ0n) is 8.29. The topological polar surface area (TPSA) is 84.8 Å². The largest absolute Gasteiger partial charge is 0.439 e. The van der Waals surface area contributed by atoms with E-state index in [-0.39, 0.29) is 0 Å². The fourth-order valence-corrected chi connectivity index (χ4v) is 1.13. The average molecular weight is 212 g/mol. The molecule has 0 aliphatic heterocycles. The second-order valence-corrected chi connectivity index (χ2v) is 3.02. The van der Waals surface area contributed by atoms with E-state index < -0.39 is 0 Å². The average Bonchev–Trinajstić information content (AvgIpc) is 2.30. The van der Waals surface area contributed by atoms with Crippen molar-refractivity contribution in [2.75, 3.05) is 5.73 Å². The van der Waals surface area contributed by atoms with E-state index in [0.29, 0.717) is 23.0 Å². The Bertz CT molecular complexity index is 530. The highest BCUT2D eigenvalue weighted by molar-refractivity contribution is 5.37. The molecule has 1 aromatic heterocycles. The molecule has 2 N–H and O–H groups in total. The van der Waals surface area contributed by atoms with Crippen molar-refractivity contribution in [3.05, 3.63) is 42.2 Å². The molecule has 0 unspecified atom stereocenters. The van der Waals surface area contributed by atoms with Crippen molar-refractivity contribution in [2.24, 2.45) is 0 Å². The lowest BCUT2D eigenvalue weighted by Crippen LogP contribution is -1.93. The Labute approximate surface area is 92.1 Å². The van der Waals surface area contributed by atoms with E-state index in [1.54, 1.807) is 24.3 Å². The number of benzene rings is 1. The molecule has 2 aromatic rings. The van der Waals surface area contributed by atoms with Gasteiger partial charge in [-0.05, 0) is 24.3 Å². The Hall–Kier alpha value is -2.61. The lowest BCUT2D eigenvalue weighted by Gasteiger charge is -2.04. The molecular formula is C11H8N4O. The molecule has 0 saturated heterocycles. The molecule has 16 heavy (non-hydrogen) atoms. The number of ether oxygens (including phenoxy) is 1. The van der Waals surface area contributed by atoms with Crippen molar-refractivity contribution in [2.45, 2.75) is 0 Å². The summed E-state index contributed by atoms with van der Waals surface area (Å²) in [5.41, 5.74) is 6.06. The second-order valence-electron chi connectivity index (χ2n) is 3.02. The molecule has 0 spiro atoms. The molecule has 5 heteroatoms. The van der Waals surface area contributed by atoms with Gasteiger partial charge in [-0.25, -0.2) is 9.97 Å². The number of hydrogen-bond acceptors (Lipinski definition) is 5. The Morgan fingerprint density at radius 2 is 1.94 bits per heavy atom. The molecule has 0 radical (unpaired) electrons. The van der Waals surface area contributed by atoms with Gasteiger partial charge in [0, 0.05) is 6.07 Å². The van der Waals surface area contributed by atoms with Crippen LogP contribution in [0.2, 0.25) is 0 Å². The highest BCUT2D eigenvalue weighted by Gasteiger charge is 1.99. The van der Waals surface area contributed by atoms with Crippen molar-refractivity contribution in [1.29, 1.82) is 5.26 Å². The normalized spacial score (nSPS) is 9.44. The Morgan fingerprint density at radius 3 is 2.56 bits per heavy atom. The number of aromatic nitrogens is 2. The van der Waals surface area contributed by atoms with Gasteiger partial charge in [-0.15, -0.1) is 0 Å². The van der Waals surface area contributed by atoms with E-state index >= 15 is 0 Å². The highest BCUT2D eigenvalue weighted by Crippen LogP contribution is 2.19. The quantitative estimate of drug-likeness (QED) is 0.819. The third kappa shape index (κ3) is 2.25. The van der Waals surface area contributed by atoms with Gasteiger partial charge in [0.25, 0.3) is 0 Å². The van der Waals surface area contributed by atoms with Crippen molar-refractivity contribution in [3.63, 3.8) is 0 Å². The summed E-state index contributed by atoms with van der Waals surface area (Å²) in [5.74, 6) is 1.31. The highest BCUT2D eigenvalue weighted by atomic mass is 16.5. The van der Waals surface area contributed by atoms with Crippen LogP contribution in [0.3, 0.4) is 0 Å². The number of nitrogens with two attached hydrogens (primary N) is 1. The zero-order valence-corrected chi connectivity index (χ0v) is 8.29. The number of rotatable bonds is 2. The number of anilines is 1. The first-order valence-corrected chi connectivity index (χ1v) is 4.53. The number of nitriles is 1. The van der Waals surface area contributed by atoms with Crippen LogP contribution in [0.25, 0.3) is 0 Å². The van der Waals surface area contributed by atoms with Crippen molar-refractivity contribution in [3.8, 4) is 17.7 Å². The number of nitrogens with zero attached hydrogens (tertiary/aromatic N) is 3. The van der Waals surface area contributed by atoms with Crippen LogP contribution in [0.1, 0.15) is 5.56 Å². The van der Waals surface area contributed by atoms with Crippen LogP contribution in [0.4, 0.5) is 5.82 Å². The lowest BCUT2D eigenvalue weighted by atomic mass is 10.2. The van der Waals surface area contributed by atoms with Gasteiger partial charge < -0.3 is 10.5 Å².